The molecule has 0 aliphatic rings. The van der Waals surface area contributed by atoms with Crippen molar-refractivity contribution in [3.05, 3.63) is 24.3 Å². The maximum atomic E-state index is 11.2. The maximum Gasteiger partial charge on any atom is 0.254 e. The number of ketones is 1. The summed E-state index contributed by atoms with van der Waals surface area (Å²) < 4.78 is 0. The van der Waals surface area contributed by atoms with Gasteiger partial charge in [0.1, 0.15) is 12.1 Å². The van der Waals surface area contributed by atoms with Crippen LogP contribution in [-0.4, -0.2) is 28.2 Å². The van der Waals surface area contributed by atoms with Crippen molar-refractivity contribution in [1.29, 1.82) is 0 Å². The maximum absolute atomic E-state index is 11.2. The Morgan fingerprint density at radius 3 is 2.54 bits per heavy atom. The molecule has 0 saturated carbocycles. The Hall–Kier alpha value is -1.78. The summed E-state index contributed by atoms with van der Waals surface area (Å²) in [7, 11) is 0. The Bertz CT molecular complexity index is 310. The first-order valence-corrected chi connectivity index (χ1v) is 3.73. The molecule has 0 fully saturated rings. The summed E-state index contributed by atoms with van der Waals surface area (Å²) in [5.74, 6) is -0.430. The van der Waals surface area contributed by atoms with Gasteiger partial charge in [-0.3, -0.25) is 9.59 Å². The Balaban J connectivity index is 2.54. The second-order valence-electron chi connectivity index (χ2n) is 2.51. The number of carbonyl (C=O) groups is 2. The van der Waals surface area contributed by atoms with Gasteiger partial charge in [-0.25, -0.2) is 9.97 Å². The minimum absolute atomic E-state index is 0.0354. The van der Waals surface area contributed by atoms with Crippen LogP contribution in [0.2, 0.25) is 0 Å². The SMILES string of the molecule is CC(=O)CNC(=O)c1cncnc1. The van der Waals surface area contributed by atoms with Crippen LogP contribution in [0.5, 0.6) is 0 Å². The van der Waals surface area contributed by atoms with E-state index in [0.717, 1.165) is 0 Å². The molecule has 13 heavy (non-hydrogen) atoms. The van der Waals surface area contributed by atoms with Crippen molar-refractivity contribution in [1.82, 2.24) is 15.3 Å². The molecule has 5 nitrogen and oxygen atoms in total. The van der Waals surface area contributed by atoms with Crippen LogP contribution in [0.25, 0.3) is 0 Å². The fourth-order valence-electron chi connectivity index (χ4n) is 0.723. The summed E-state index contributed by atoms with van der Waals surface area (Å²) >= 11 is 0. The average Bonchev–Trinajstić information content (AvgIpc) is 2.15. The summed E-state index contributed by atoms with van der Waals surface area (Å²) in [6.07, 6.45) is 4.12. The van der Waals surface area contributed by atoms with Crippen LogP contribution in [0.1, 0.15) is 17.3 Å². The van der Waals surface area contributed by atoms with Gasteiger partial charge in [-0.15, -0.1) is 0 Å². The van der Waals surface area contributed by atoms with E-state index >= 15 is 0 Å². The third-order valence-electron chi connectivity index (χ3n) is 1.32. The quantitative estimate of drug-likeness (QED) is 0.697. The number of aromatic nitrogens is 2. The highest BCUT2D eigenvalue weighted by Crippen LogP contribution is 1.91. The highest BCUT2D eigenvalue weighted by atomic mass is 16.2. The van der Waals surface area contributed by atoms with Crippen LogP contribution >= 0.6 is 0 Å². The van der Waals surface area contributed by atoms with Gasteiger partial charge in [0.05, 0.1) is 12.1 Å². The fraction of sp³-hybridized carbons (Fsp3) is 0.250. The standard InChI is InChI=1S/C8H9N3O2/c1-6(12)2-11-8(13)7-3-9-5-10-4-7/h3-5H,2H2,1H3,(H,11,13). The van der Waals surface area contributed by atoms with E-state index in [2.05, 4.69) is 15.3 Å². The second-order valence-corrected chi connectivity index (χ2v) is 2.51. The van der Waals surface area contributed by atoms with Crippen molar-refractivity contribution in [3.8, 4) is 0 Å². The Labute approximate surface area is 75.2 Å². The van der Waals surface area contributed by atoms with Crippen LogP contribution in [0, 0.1) is 0 Å². The predicted molar refractivity (Wildman–Crippen MR) is 45.0 cm³/mol. The van der Waals surface area contributed by atoms with Crippen LogP contribution in [0.15, 0.2) is 18.7 Å². The van der Waals surface area contributed by atoms with Crippen molar-refractivity contribution in [2.45, 2.75) is 6.92 Å². The molecule has 1 amide bonds. The Kier molecular flexibility index (Phi) is 3.08. The molecule has 1 aromatic heterocycles. The van der Waals surface area contributed by atoms with Crippen molar-refractivity contribution in [2.75, 3.05) is 6.54 Å². The van der Waals surface area contributed by atoms with Gasteiger partial charge < -0.3 is 5.32 Å². The number of hydrogen-bond donors (Lipinski definition) is 1. The summed E-state index contributed by atoms with van der Waals surface area (Å²) in [6.45, 7) is 1.44. The Morgan fingerprint density at radius 1 is 1.38 bits per heavy atom. The second kappa shape index (κ2) is 4.30. The van der Waals surface area contributed by atoms with Gasteiger partial charge >= 0.3 is 0 Å². The molecule has 5 heteroatoms. The molecule has 0 bridgehead atoms. The molecular weight excluding hydrogens is 170 g/mol. The lowest BCUT2D eigenvalue weighted by atomic mass is 10.3. The number of carbonyl (C=O) groups excluding carboxylic acids is 2. The van der Waals surface area contributed by atoms with Crippen molar-refractivity contribution < 1.29 is 9.59 Å². The largest absolute Gasteiger partial charge is 0.345 e. The minimum atomic E-state index is -0.337. The van der Waals surface area contributed by atoms with E-state index in [-0.39, 0.29) is 18.2 Å². The highest BCUT2D eigenvalue weighted by Gasteiger charge is 2.05. The number of nitrogens with zero attached hydrogens (tertiary/aromatic N) is 2. The lowest BCUT2D eigenvalue weighted by Gasteiger charge is -2.00. The number of hydrogen-bond acceptors (Lipinski definition) is 4. The third-order valence-corrected chi connectivity index (χ3v) is 1.32. The molecule has 1 rings (SSSR count). The van der Waals surface area contributed by atoms with E-state index in [0.29, 0.717) is 5.56 Å². The molecular formula is C8H9N3O2. The van der Waals surface area contributed by atoms with Crippen LogP contribution in [-0.2, 0) is 4.79 Å². The zero-order valence-electron chi connectivity index (χ0n) is 7.15. The topological polar surface area (TPSA) is 72.0 Å². The van der Waals surface area contributed by atoms with Crippen molar-refractivity contribution >= 4 is 11.7 Å². The lowest BCUT2D eigenvalue weighted by Crippen LogP contribution is -2.28. The van der Waals surface area contributed by atoms with Gasteiger partial charge in [0.25, 0.3) is 5.91 Å². The number of Topliss-reactive ketones (excluding diaryl/α,β-unsaturated/α-hetero) is 1. The molecule has 1 N–H and O–H groups in total. The number of rotatable bonds is 3. The van der Waals surface area contributed by atoms with E-state index in [4.69, 9.17) is 0 Å². The third kappa shape index (κ3) is 2.98. The molecule has 0 spiro atoms. The van der Waals surface area contributed by atoms with E-state index < -0.39 is 0 Å². The summed E-state index contributed by atoms with van der Waals surface area (Å²) in [5, 5.41) is 2.43. The number of amides is 1. The molecule has 0 unspecified atom stereocenters. The van der Waals surface area contributed by atoms with Gasteiger partial charge in [0, 0.05) is 12.4 Å². The van der Waals surface area contributed by atoms with E-state index in [1.165, 1.54) is 25.6 Å². The van der Waals surface area contributed by atoms with Crippen LogP contribution < -0.4 is 5.32 Å². The monoisotopic (exact) mass is 179 g/mol. The molecule has 1 aromatic rings. The van der Waals surface area contributed by atoms with Crippen LogP contribution in [0.4, 0.5) is 0 Å². The average molecular weight is 179 g/mol. The minimum Gasteiger partial charge on any atom is -0.345 e. The van der Waals surface area contributed by atoms with Crippen molar-refractivity contribution in [2.24, 2.45) is 0 Å². The fourth-order valence-corrected chi connectivity index (χ4v) is 0.723. The molecule has 1 heterocycles. The summed E-state index contributed by atoms with van der Waals surface area (Å²) in [4.78, 5) is 29.1. The molecule has 0 aromatic carbocycles. The zero-order chi connectivity index (χ0) is 9.68. The van der Waals surface area contributed by atoms with E-state index in [9.17, 15) is 9.59 Å². The number of nitrogens with one attached hydrogen (secondary N) is 1. The predicted octanol–water partition coefficient (Wildman–Crippen LogP) is -0.205. The smallest absolute Gasteiger partial charge is 0.254 e. The first kappa shape index (κ1) is 9.31. The molecule has 0 radical (unpaired) electrons. The lowest BCUT2D eigenvalue weighted by molar-refractivity contribution is -0.116. The van der Waals surface area contributed by atoms with Gasteiger partial charge in [-0.05, 0) is 6.92 Å². The molecule has 0 atom stereocenters. The molecule has 0 aliphatic heterocycles. The van der Waals surface area contributed by atoms with E-state index in [1.54, 1.807) is 0 Å². The first-order chi connectivity index (χ1) is 6.20. The summed E-state index contributed by atoms with van der Waals surface area (Å²) in [5.41, 5.74) is 0.351. The van der Waals surface area contributed by atoms with Gasteiger partial charge in [0.15, 0.2) is 0 Å². The normalized spacial score (nSPS) is 9.31. The first-order valence-electron chi connectivity index (χ1n) is 3.73. The molecule has 68 valence electrons. The highest BCUT2D eigenvalue weighted by molar-refractivity contribution is 5.95. The molecule has 0 aliphatic carbocycles. The molecule has 0 saturated heterocycles. The Morgan fingerprint density at radius 2 is 2.00 bits per heavy atom. The summed E-state index contributed by atoms with van der Waals surface area (Å²) in [6, 6.07) is 0. The zero-order valence-corrected chi connectivity index (χ0v) is 7.15. The van der Waals surface area contributed by atoms with Crippen LogP contribution in [0.3, 0.4) is 0 Å². The van der Waals surface area contributed by atoms with Crippen molar-refractivity contribution in [3.63, 3.8) is 0 Å². The van der Waals surface area contributed by atoms with E-state index in [1.807, 2.05) is 0 Å². The van der Waals surface area contributed by atoms with Gasteiger partial charge in [-0.1, -0.05) is 0 Å². The van der Waals surface area contributed by atoms with Gasteiger partial charge in [0.2, 0.25) is 0 Å². The van der Waals surface area contributed by atoms with Gasteiger partial charge in [-0.2, -0.15) is 0 Å².